The van der Waals surface area contributed by atoms with Gasteiger partial charge in [0.25, 0.3) is 0 Å². The molecule has 1 unspecified atom stereocenters. The van der Waals surface area contributed by atoms with Crippen LogP contribution in [0.2, 0.25) is 0 Å². The van der Waals surface area contributed by atoms with Crippen LogP contribution >= 0.6 is 0 Å². The second-order valence-corrected chi connectivity index (χ2v) is 5.05. The van der Waals surface area contributed by atoms with Gasteiger partial charge in [-0.1, -0.05) is 0 Å². The fraction of sp³-hybridized carbons (Fsp3) is 0.429. The molecule has 1 saturated heterocycles. The lowest BCUT2D eigenvalue weighted by Crippen LogP contribution is -2.39. The summed E-state index contributed by atoms with van der Waals surface area (Å²) in [5.74, 6) is -0.534. The number of carbonyl (C=O) groups excluding carboxylic acids is 1. The lowest BCUT2D eigenvalue weighted by Gasteiger charge is -2.17. The van der Waals surface area contributed by atoms with Gasteiger partial charge in [-0.05, 0) is 37.5 Å². The summed E-state index contributed by atoms with van der Waals surface area (Å²) in [7, 11) is 0. The van der Waals surface area contributed by atoms with E-state index in [9.17, 15) is 9.18 Å². The minimum absolute atomic E-state index is 0.0161. The second kappa shape index (κ2) is 4.63. The molecule has 0 spiro atoms. The van der Waals surface area contributed by atoms with Crippen molar-refractivity contribution in [2.75, 3.05) is 11.4 Å². The maximum Gasteiger partial charge on any atom is 0.244 e. The molecule has 4 nitrogen and oxygen atoms in total. The summed E-state index contributed by atoms with van der Waals surface area (Å²) in [6.07, 6.45) is 3.03. The maximum atomic E-state index is 13.3. The van der Waals surface area contributed by atoms with Crippen molar-refractivity contribution in [3.8, 4) is 6.07 Å². The van der Waals surface area contributed by atoms with Gasteiger partial charge in [0.05, 0.1) is 11.6 Å². The number of rotatable bonds is 3. The number of nitrogens with one attached hydrogen (secondary N) is 1. The highest BCUT2D eigenvalue weighted by Crippen LogP contribution is 2.26. The summed E-state index contributed by atoms with van der Waals surface area (Å²) >= 11 is 0. The van der Waals surface area contributed by atoms with Crippen LogP contribution in [0.5, 0.6) is 0 Å². The predicted octanol–water partition coefficient (Wildman–Crippen LogP) is 1.55. The van der Waals surface area contributed by atoms with E-state index in [1.165, 1.54) is 12.1 Å². The van der Waals surface area contributed by atoms with Gasteiger partial charge in [0, 0.05) is 18.3 Å². The summed E-state index contributed by atoms with van der Waals surface area (Å²) in [5.41, 5.74) is 0.576. The second-order valence-electron chi connectivity index (χ2n) is 5.05. The summed E-state index contributed by atoms with van der Waals surface area (Å²) in [6.45, 7) is 0.611. The Morgan fingerprint density at radius 3 is 2.84 bits per heavy atom. The molecule has 98 valence electrons. The lowest BCUT2D eigenvalue weighted by atomic mass is 10.2. The van der Waals surface area contributed by atoms with Crippen LogP contribution in [0.4, 0.5) is 10.1 Å². The molecule has 1 aliphatic heterocycles. The summed E-state index contributed by atoms with van der Waals surface area (Å²) in [5, 5.41) is 12.1. The van der Waals surface area contributed by atoms with Crippen LogP contribution in [0.3, 0.4) is 0 Å². The van der Waals surface area contributed by atoms with Crippen LogP contribution in [0.1, 0.15) is 24.8 Å². The molecule has 1 atom stereocenters. The Bertz CT molecular complexity index is 562. The molecular weight excluding hydrogens is 245 g/mol. The van der Waals surface area contributed by atoms with Gasteiger partial charge in [-0.25, -0.2) is 4.39 Å². The van der Waals surface area contributed by atoms with Crippen LogP contribution in [-0.4, -0.2) is 24.5 Å². The Hall–Kier alpha value is -1.93. The maximum absolute atomic E-state index is 13.3. The van der Waals surface area contributed by atoms with E-state index in [4.69, 9.17) is 5.26 Å². The molecule has 1 aliphatic carbocycles. The van der Waals surface area contributed by atoms with Crippen molar-refractivity contribution in [1.82, 2.24) is 5.32 Å². The topological polar surface area (TPSA) is 56.1 Å². The van der Waals surface area contributed by atoms with Crippen LogP contribution in [-0.2, 0) is 4.79 Å². The van der Waals surface area contributed by atoms with E-state index in [1.807, 2.05) is 0 Å². The Kier molecular flexibility index (Phi) is 2.96. The first kappa shape index (κ1) is 12.1. The average Bonchev–Trinajstić information content (AvgIpc) is 3.16. The molecule has 2 fully saturated rings. The Morgan fingerprint density at radius 1 is 1.37 bits per heavy atom. The molecule has 2 aliphatic rings. The quantitative estimate of drug-likeness (QED) is 0.896. The summed E-state index contributed by atoms with van der Waals surface area (Å²) in [4.78, 5) is 13.9. The smallest absolute Gasteiger partial charge is 0.244 e. The van der Waals surface area contributed by atoms with Crippen molar-refractivity contribution < 1.29 is 9.18 Å². The van der Waals surface area contributed by atoms with E-state index in [1.54, 1.807) is 17.0 Å². The van der Waals surface area contributed by atoms with Crippen molar-refractivity contribution in [2.45, 2.75) is 31.3 Å². The fourth-order valence-electron chi connectivity index (χ4n) is 2.39. The largest absolute Gasteiger partial charge is 0.311 e. The molecule has 0 bridgehead atoms. The highest BCUT2D eigenvalue weighted by Gasteiger charge is 2.36. The highest BCUT2D eigenvalue weighted by atomic mass is 19.1. The first-order valence-electron chi connectivity index (χ1n) is 6.46. The Labute approximate surface area is 110 Å². The van der Waals surface area contributed by atoms with Gasteiger partial charge >= 0.3 is 0 Å². The number of hydrogen-bond donors (Lipinski definition) is 1. The van der Waals surface area contributed by atoms with Crippen molar-refractivity contribution in [2.24, 2.45) is 0 Å². The Morgan fingerprint density at radius 2 is 2.16 bits per heavy atom. The van der Waals surface area contributed by atoms with Crippen molar-refractivity contribution >= 4 is 11.6 Å². The fourth-order valence-corrected chi connectivity index (χ4v) is 2.39. The predicted molar refractivity (Wildman–Crippen MR) is 68.0 cm³/mol. The van der Waals surface area contributed by atoms with E-state index in [0.29, 0.717) is 18.3 Å². The number of anilines is 1. The minimum Gasteiger partial charge on any atom is -0.311 e. The molecular formula is C14H14FN3O. The zero-order valence-corrected chi connectivity index (χ0v) is 10.4. The minimum atomic E-state index is -0.550. The number of benzene rings is 1. The van der Waals surface area contributed by atoms with Gasteiger partial charge in [-0.15, -0.1) is 0 Å². The van der Waals surface area contributed by atoms with Crippen molar-refractivity contribution in [3.63, 3.8) is 0 Å². The van der Waals surface area contributed by atoms with E-state index in [0.717, 1.165) is 19.3 Å². The zero-order valence-electron chi connectivity index (χ0n) is 10.4. The van der Waals surface area contributed by atoms with E-state index >= 15 is 0 Å². The van der Waals surface area contributed by atoms with Crippen molar-refractivity contribution in [3.05, 3.63) is 29.6 Å². The van der Waals surface area contributed by atoms with Crippen LogP contribution in [0, 0.1) is 17.1 Å². The normalized spacial score (nSPS) is 22.6. The first-order chi connectivity index (χ1) is 9.19. The van der Waals surface area contributed by atoms with Gasteiger partial charge in [-0.3, -0.25) is 4.79 Å². The van der Waals surface area contributed by atoms with Gasteiger partial charge < -0.3 is 10.2 Å². The lowest BCUT2D eigenvalue weighted by molar-refractivity contribution is -0.118. The van der Waals surface area contributed by atoms with Gasteiger partial charge in [0.2, 0.25) is 5.91 Å². The first-order valence-corrected chi connectivity index (χ1v) is 6.46. The van der Waals surface area contributed by atoms with Gasteiger partial charge in [0.15, 0.2) is 0 Å². The summed E-state index contributed by atoms with van der Waals surface area (Å²) < 4.78 is 13.3. The highest BCUT2D eigenvalue weighted by molar-refractivity contribution is 5.99. The number of halogens is 1. The molecule has 1 N–H and O–H groups in total. The molecule has 0 radical (unpaired) electrons. The van der Waals surface area contributed by atoms with E-state index in [-0.39, 0.29) is 17.5 Å². The van der Waals surface area contributed by atoms with Crippen LogP contribution in [0.25, 0.3) is 0 Å². The zero-order chi connectivity index (χ0) is 13.4. The number of nitrogens with zero attached hydrogens (tertiary/aromatic N) is 2. The number of amides is 1. The van der Waals surface area contributed by atoms with Gasteiger partial charge in [0.1, 0.15) is 11.9 Å². The molecule has 1 saturated carbocycles. The molecule has 3 rings (SSSR count). The number of hydrogen-bond acceptors (Lipinski definition) is 3. The third-order valence-corrected chi connectivity index (χ3v) is 3.60. The molecule has 5 heteroatoms. The molecule has 0 aromatic heterocycles. The van der Waals surface area contributed by atoms with E-state index < -0.39 is 5.82 Å². The summed E-state index contributed by atoms with van der Waals surface area (Å²) in [6, 6.07) is 6.37. The average molecular weight is 259 g/mol. The molecule has 19 heavy (non-hydrogen) atoms. The molecule has 1 aromatic carbocycles. The third-order valence-electron chi connectivity index (χ3n) is 3.60. The van der Waals surface area contributed by atoms with Gasteiger partial charge in [-0.2, -0.15) is 5.26 Å². The van der Waals surface area contributed by atoms with Crippen LogP contribution in [0.15, 0.2) is 18.2 Å². The third kappa shape index (κ3) is 2.32. The molecule has 1 aromatic rings. The molecule has 1 amide bonds. The number of nitriles is 1. The number of carbonyl (C=O) groups is 1. The molecule has 1 heterocycles. The SMILES string of the molecule is N#Cc1cc(N2CCC(NC3CC3)C2=O)ccc1F. The standard InChI is InChI=1S/C14H14FN3O/c15-12-4-3-11(7-9(12)8-16)18-6-5-13(14(18)19)17-10-1-2-10/h3-4,7,10,13,17H,1-2,5-6H2. The monoisotopic (exact) mass is 259 g/mol. The van der Waals surface area contributed by atoms with Crippen LogP contribution < -0.4 is 10.2 Å². The van der Waals surface area contributed by atoms with Crippen molar-refractivity contribution in [1.29, 1.82) is 5.26 Å². The Balaban J connectivity index is 1.79. The van der Waals surface area contributed by atoms with E-state index in [2.05, 4.69) is 5.32 Å².